The molecule has 12 heteroatoms. The summed E-state index contributed by atoms with van der Waals surface area (Å²) in [6.45, 7) is 1.88. The number of carbonyl (C=O) groups is 1. The lowest BCUT2D eigenvalue weighted by Crippen LogP contribution is -2.50. The summed E-state index contributed by atoms with van der Waals surface area (Å²) >= 11 is 0. The van der Waals surface area contributed by atoms with E-state index in [1.807, 2.05) is 23.1 Å². The number of nitrogens with zero attached hydrogens (tertiary/aromatic N) is 6. The molecule has 1 fully saturated rings. The van der Waals surface area contributed by atoms with E-state index in [4.69, 9.17) is 29.7 Å². The van der Waals surface area contributed by atoms with Gasteiger partial charge in [-0.05, 0) is 42.5 Å². The molecule has 1 saturated heterocycles. The number of nitrogen functional groups attached to an aromatic ring is 1. The molecule has 1 amide bonds. The molecule has 0 unspecified atom stereocenters. The minimum absolute atomic E-state index is 0.0991. The van der Waals surface area contributed by atoms with Gasteiger partial charge in [-0.25, -0.2) is 14.8 Å². The molecule has 2 aromatic heterocycles. The molecule has 1 aliphatic heterocycles. The van der Waals surface area contributed by atoms with Crippen molar-refractivity contribution < 1.29 is 23.7 Å². The Kier molecular flexibility index (Phi) is 6.94. The maximum Gasteiger partial charge on any atom is 0.415 e. The second-order valence-corrected chi connectivity index (χ2v) is 8.42. The number of hydrogen-bond donors (Lipinski definition) is 1. The zero-order valence-corrected chi connectivity index (χ0v) is 21.2. The van der Waals surface area contributed by atoms with Crippen LogP contribution in [-0.4, -0.2) is 78.4 Å². The zero-order valence-electron chi connectivity index (χ0n) is 21.2. The smallest absolute Gasteiger partial charge is 0.415 e. The van der Waals surface area contributed by atoms with Crippen molar-refractivity contribution in [2.75, 3.05) is 58.1 Å². The molecule has 196 valence electrons. The van der Waals surface area contributed by atoms with Crippen LogP contribution in [0.3, 0.4) is 0 Å². The Labute approximate surface area is 218 Å². The average molecular weight is 518 g/mol. The lowest BCUT2D eigenvalue weighted by Gasteiger charge is -2.34. The molecule has 4 aromatic rings. The van der Waals surface area contributed by atoms with E-state index in [2.05, 4.69) is 15.0 Å². The summed E-state index contributed by atoms with van der Waals surface area (Å²) < 4.78 is 21.4. The van der Waals surface area contributed by atoms with Crippen LogP contribution in [0.2, 0.25) is 0 Å². The second-order valence-electron chi connectivity index (χ2n) is 8.42. The van der Waals surface area contributed by atoms with Gasteiger partial charge in [0.25, 0.3) is 0 Å². The lowest BCUT2D eigenvalue weighted by atomic mass is 10.1. The van der Waals surface area contributed by atoms with Gasteiger partial charge in [0, 0.05) is 31.7 Å². The maximum atomic E-state index is 12.7. The number of fused-ring (bicyclic) bond motifs is 1. The summed E-state index contributed by atoms with van der Waals surface area (Å²) in [6, 6.07) is 12.4. The predicted octanol–water partition coefficient (Wildman–Crippen LogP) is 3.02. The molecular weight excluding hydrogens is 490 g/mol. The average Bonchev–Trinajstić information content (AvgIpc) is 2.96. The highest BCUT2D eigenvalue weighted by Gasteiger charge is 2.26. The van der Waals surface area contributed by atoms with E-state index in [0.717, 1.165) is 5.56 Å². The fourth-order valence-corrected chi connectivity index (χ4v) is 4.17. The van der Waals surface area contributed by atoms with Crippen LogP contribution < -0.4 is 29.6 Å². The van der Waals surface area contributed by atoms with Crippen molar-refractivity contribution in [3.63, 3.8) is 0 Å². The number of aromatic nitrogens is 4. The van der Waals surface area contributed by atoms with Gasteiger partial charge in [0.05, 0.1) is 33.2 Å². The van der Waals surface area contributed by atoms with Crippen LogP contribution in [0, 0.1) is 0 Å². The molecule has 2 N–H and O–H groups in total. The molecule has 0 radical (unpaired) electrons. The Balaban J connectivity index is 1.35. The topological polar surface area (TPSA) is 138 Å². The van der Waals surface area contributed by atoms with Crippen molar-refractivity contribution in [1.29, 1.82) is 0 Å². The third-order valence-electron chi connectivity index (χ3n) is 6.19. The molecule has 12 nitrogen and oxygen atoms in total. The fraction of sp³-hybridized carbons (Fsp3) is 0.269. The molecular formula is C26H27N7O5. The molecule has 0 atom stereocenters. The summed E-state index contributed by atoms with van der Waals surface area (Å²) in [5.74, 6) is 2.99. The number of rotatable bonds is 6. The van der Waals surface area contributed by atoms with Crippen molar-refractivity contribution in [3.8, 4) is 34.3 Å². The molecule has 1 aliphatic rings. The van der Waals surface area contributed by atoms with Gasteiger partial charge in [0.1, 0.15) is 11.5 Å². The third-order valence-corrected chi connectivity index (χ3v) is 6.19. The number of carbonyl (C=O) groups excluding carboxylic acids is 1. The summed E-state index contributed by atoms with van der Waals surface area (Å²) in [5, 5.41) is 0. The first-order valence-corrected chi connectivity index (χ1v) is 11.9. The van der Waals surface area contributed by atoms with E-state index in [1.54, 1.807) is 56.7 Å². The van der Waals surface area contributed by atoms with Crippen LogP contribution in [-0.2, 0) is 0 Å². The van der Waals surface area contributed by atoms with Crippen LogP contribution >= 0.6 is 0 Å². The number of anilines is 2. The molecule has 2 aromatic carbocycles. The largest absolute Gasteiger partial charge is 0.497 e. The van der Waals surface area contributed by atoms with Crippen molar-refractivity contribution in [3.05, 3.63) is 48.7 Å². The molecule has 0 saturated carbocycles. The highest BCUT2D eigenvalue weighted by molar-refractivity contribution is 5.86. The molecule has 3 heterocycles. The van der Waals surface area contributed by atoms with Crippen LogP contribution in [0.25, 0.3) is 22.4 Å². The summed E-state index contributed by atoms with van der Waals surface area (Å²) in [7, 11) is 4.74. The van der Waals surface area contributed by atoms with Gasteiger partial charge >= 0.3 is 6.09 Å². The molecule has 0 bridgehead atoms. The quantitative estimate of drug-likeness (QED) is 0.404. The summed E-state index contributed by atoms with van der Waals surface area (Å²) in [6.07, 6.45) is 1.21. The van der Waals surface area contributed by atoms with Gasteiger partial charge in [-0.1, -0.05) is 0 Å². The molecule has 5 rings (SSSR count). The Morgan fingerprint density at radius 1 is 0.842 bits per heavy atom. The highest BCUT2D eigenvalue weighted by Crippen LogP contribution is 2.33. The highest BCUT2D eigenvalue weighted by atomic mass is 16.6. The van der Waals surface area contributed by atoms with Crippen LogP contribution in [0.1, 0.15) is 0 Å². The number of methoxy groups -OCH3 is 3. The minimum atomic E-state index is -0.419. The first-order chi connectivity index (χ1) is 18.5. The first-order valence-electron chi connectivity index (χ1n) is 11.9. The van der Waals surface area contributed by atoms with E-state index >= 15 is 0 Å². The first kappa shape index (κ1) is 24.8. The third kappa shape index (κ3) is 5.01. The lowest BCUT2D eigenvalue weighted by molar-refractivity contribution is 0.149. The Morgan fingerprint density at radius 3 is 2.24 bits per heavy atom. The zero-order chi connectivity index (χ0) is 26.6. The SMILES string of the molecule is COc1ccc(OC(=O)N2CCN(c3nc(N)nc4ncc(-c5ccc(OC)c(OC)c5)nc34)CC2)cc1. The second kappa shape index (κ2) is 10.6. The van der Waals surface area contributed by atoms with Gasteiger partial charge in [-0.3, -0.25) is 0 Å². The van der Waals surface area contributed by atoms with Crippen molar-refractivity contribution in [1.82, 2.24) is 24.8 Å². The number of nitrogens with two attached hydrogens (primary N) is 1. The van der Waals surface area contributed by atoms with E-state index in [0.29, 0.717) is 71.9 Å². The normalized spacial score (nSPS) is 13.3. The van der Waals surface area contributed by atoms with Crippen LogP contribution in [0.5, 0.6) is 23.0 Å². The fourth-order valence-electron chi connectivity index (χ4n) is 4.17. The molecule has 0 aliphatic carbocycles. The molecule has 0 spiro atoms. The van der Waals surface area contributed by atoms with Crippen molar-refractivity contribution in [2.24, 2.45) is 0 Å². The van der Waals surface area contributed by atoms with Crippen molar-refractivity contribution >= 4 is 29.0 Å². The van der Waals surface area contributed by atoms with Gasteiger partial charge in [0.2, 0.25) is 5.95 Å². The molecule has 38 heavy (non-hydrogen) atoms. The summed E-state index contributed by atoms with van der Waals surface area (Å²) in [5.41, 5.74) is 8.31. The monoisotopic (exact) mass is 517 g/mol. The van der Waals surface area contributed by atoms with Gasteiger partial charge < -0.3 is 34.5 Å². The minimum Gasteiger partial charge on any atom is -0.497 e. The Hall–Kier alpha value is -4.87. The van der Waals surface area contributed by atoms with Gasteiger partial charge in [-0.15, -0.1) is 0 Å². The summed E-state index contributed by atoms with van der Waals surface area (Å²) in [4.78, 5) is 34.4. The van der Waals surface area contributed by atoms with Gasteiger partial charge in [0.15, 0.2) is 28.5 Å². The number of piperazine rings is 1. The van der Waals surface area contributed by atoms with E-state index < -0.39 is 6.09 Å². The maximum absolute atomic E-state index is 12.7. The Bertz CT molecular complexity index is 1460. The number of ether oxygens (including phenoxy) is 4. The van der Waals surface area contributed by atoms with Crippen molar-refractivity contribution in [2.45, 2.75) is 0 Å². The predicted molar refractivity (Wildman–Crippen MR) is 141 cm³/mol. The number of hydrogen-bond acceptors (Lipinski definition) is 11. The van der Waals surface area contributed by atoms with Gasteiger partial charge in [-0.2, -0.15) is 9.97 Å². The van der Waals surface area contributed by atoms with Crippen LogP contribution in [0.15, 0.2) is 48.7 Å². The standard InChI is InChI=1S/C26H27N7O5/c1-35-17-5-7-18(8-6-17)38-26(34)33-12-10-32(11-13-33)24-22-23(30-25(27)31-24)28-15-19(29-22)16-4-9-20(36-2)21(14-16)37-3/h4-9,14-15H,10-13H2,1-3H3,(H2,27,28,30,31). The Morgan fingerprint density at radius 2 is 1.55 bits per heavy atom. The van der Waals surface area contributed by atoms with E-state index in [1.165, 1.54) is 0 Å². The van der Waals surface area contributed by atoms with E-state index in [9.17, 15) is 4.79 Å². The number of benzene rings is 2. The number of amides is 1. The van der Waals surface area contributed by atoms with Crippen LogP contribution in [0.4, 0.5) is 16.6 Å². The van der Waals surface area contributed by atoms with E-state index in [-0.39, 0.29) is 5.95 Å².